The minimum absolute atomic E-state index is 0.0407. The lowest BCUT2D eigenvalue weighted by atomic mass is 9.99. The summed E-state index contributed by atoms with van der Waals surface area (Å²) in [6.07, 6.45) is 2.26. The maximum atomic E-state index is 13.8. The topological polar surface area (TPSA) is 107 Å². The lowest BCUT2D eigenvalue weighted by Crippen LogP contribution is -2.44. The number of nitrogens with one attached hydrogen (secondary N) is 2. The number of nitrogens with zero attached hydrogens (tertiary/aromatic N) is 5. The van der Waals surface area contributed by atoms with E-state index in [0.29, 0.717) is 35.9 Å². The summed E-state index contributed by atoms with van der Waals surface area (Å²) in [6.45, 7) is 4.28. The Hall–Kier alpha value is -4.07. The number of carbonyl (C=O) groups is 1. The molecule has 2 aromatic carbocycles. The highest BCUT2D eigenvalue weighted by atomic mass is 32.2. The molecule has 4 aromatic rings. The van der Waals surface area contributed by atoms with Crippen molar-refractivity contribution in [1.29, 1.82) is 0 Å². The number of hydrogen-bond donors (Lipinski definition) is 2. The molecule has 232 valence electrons. The van der Waals surface area contributed by atoms with Crippen LogP contribution in [0.2, 0.25) is 0 Å². The molecule has 1 saturated heterocycles. The van der Waals surface area contributed by atoms with Crippen LogP contribution in [-0.2, 0) is 43.0 Å². The minimum atomic E-state index is -4.18. The van der Waals surface area contributed by atoms with E-state index in [1.807, 2.05) is 48.1 Å². The number of likely N-dealkylation sites (N-methyl/N-ethyl adjacent to an activating group) is 1. The van der Waals surface area contributed by atoms with Crippen LogP contribution < -0.4 is 10.2 Å². The summed E-state index contributed by atoms with van der Waals surface area (Å²) in [7, 11) is -0.0984. The largest absolute Gasteiger partial charge is 0.379 e. The first-order valence-electron chi connectivity index (χ1n) is 14.5. The number of sulfonamides is 1. The van der Waals surface area contributed by atoms with Crippen LogP contribution in [0.1, 0.15) is 33.0 Å². The zero-order chi connectivity index (χ0) is 31.0. The number of aromatic amines is 1. The third kappa shape index (κ3) is 6.12. The Morgan fingerprint density at radius 1 is 1.00 bits per heavy atom. The molecule has 2 aliphatic heterocycles. The molecule has 0 bridgehead atoms. The molecule has 0 aliphatic carbocycles. The van der Waals surface area contributed by atoms with Crippen molar-refractivity contribution in [2.75, 3.05) is 50.0 Å². The van der Waals surface area contributed by atoms with E-state index in [1.54, 1.807) is 0 Å². The molecular weight excluding hydrogens is 588 g/mol. The van der Waals surface area contributed by atoms with Gasteiger partial charge in [0, 0.05) is 98.9 Å². The number of aromatic nitrogens is 3. The molecule has 2 aromatic heterocycles. The van der Waals surface area contributed by atoms with Crippen LogP contribution in [0.4, 0.5) is 20.2 Å². The maximum Gasteiger partial charge on any atom is 0.243 e. The van der Waals surface area contributed by atoms with Gasteiger partial charge >= 0.3 is 0 Å². The average Bonchev–Trinajstić information content (AvgIpc) is 3.60. The maximum absolute atomic E-state index is 13.8. The number of aryl methyl sites for hydroxylation is 1. The molecule has 0 saturated carbocycles. The fourth-order valence-electron chi connectivity index (χ4n) is 5.80. The molecule has 44 heavy (non-hydrogen) atoms. The first-order valence-corrected chi connectivity index (χ1v) is 16.0. The van der Waals surface area contributed by atoms with E-state index in [-0.39, 0.29) is 25.3 Å². The van der Waals surface area contributed by atoms with Crippen molar-refractivity contribution >= 4 is 27.2 Å². The van der Waals surface area contributed by atoms with Gasteiger partial charge in [-0.2, -0.15) is 9.40 Å². The number of carbonyl (C=O) groups excluding carboxylic acids is 1. The SMILES string of the molecule is CN1CCN(c2ccc(C(=O)Cc3n[nH]c4c3CN(S(=O)(=O)c3cc(F)cc(F)c3)CC4)c(NCc3cccn3C)c2)CC1. The van der Waals surface area contributed by atoms with E-state index >= 15 is 0 Å². The van der Waals surface area contributed by atoms with Crippen LogP contribution in [0.3, 0.4) is 0 Å². The van der Waals surface area contributed by atoms with Gasteiger partial charge in [-0.25, -0.2) is 17.2 Å². The molecule has 0 unspecified atom stereocenters. The van der Waals surface area contributed by atoms with Crippen LogP contribution in [0, 0.1) is 11.6 Å². The van der Waals surface area contributed by atoms with Crippen LogP contribution in [0.15, 0.2) is 59.6 Å². The van der Waals surface area contributed by atoms with Gasteiger partial charge in [0.1, 0.15) is 11.6 Å². The van der Waals surface area contributed by atoms with Gasteiger partial charge in [-0.3, -0.25) is 9.89 Å². The summed E-state index contributed by atoms with van der Waals surface area (Å²) in [4.78, 5) is 18.0. The van der Waals surface area contributed by atoms with E-state index in [0.717, 1.165) is 61.1 Å². The van der Waals surface area contributed by atoms with Crippen molar-refractivity contribution in [2.45, 2.75) is 30.8 Å². The lowest BCUT2D eigenvalue weighted by Gasteiger charge is -2.34. The summed E-state index contributed by atoms with van der Waals surface area (Å²) in [5.74, 6) is -2.09. The molecule has 4 heterocycles. The van der Waals surface area contributed by atoms with Crippen molar-refractivity contribution < 1.29 is 22.0 Å². The van der Waals surface area contributed by atoms with E-state index in [2.05, 4.69) is 32.4 Å². The molecular formula is C31H35F2N7O3S. The lowest BCUT2D eigenvalue weighted by molar-refractivity contribution is 0.0992. The van der Waals surface area contributed by atoms with E-state index in [1.165, 1.54) is 4.31 Å². The third-order valence-electron chi connectivity index (χ3n) is 8.47. The van der Waals surface area contributed by atoms with Crippen molar-refractivity contribution in [3.63, 3.8) is 0 Å². The number of rotatable bonds is 9. The van der Waals surface area contributed by atoms with Gasteiger partial charge in [-0.1, -0.05) is 0 Å². The molecule has 0 amide bonds. The first-order chi connectivity index (χ1) is 21.1. The summed E-state index contributed by atoms with van der Waals surface area (Å²) < 4.78 is 57.4. The van der Waals surface area contributed by atoms with E-state index < -0.39 is 26.6 Å². The van der Waals surface area contributed by atoms with Crippen molar-refractivity contribution in [2.24, 2.45) is 7.05 Å². The van der Waals surface area contributed by atoms with Crippen molar-refractivity contribution in [1.82, 2.24) is 24.0 Å². The Morgan fingerprint density at radius 2 is 1.75 bits per heavy atom. The number of benzene rings is 2. The Morgan fingerprint density at radius 3 is 2.45 bits per heavy atom. The predicted octanol–water partition coefficient (Wildman–Crippen LogP) is 3.56. The predicted molar refractivity (Wildman–Crippen MR) is 163 cm³/mol. The minimum Gasteiger partial charge on any atom is -0.379 e. The molecule has 1 fully saturated rings. The van der Waals surface area contributed by atoms with Crippen molar-refractivity contribution in [3.05, 3.63) is 94.6 Å². The van der Waals surface area contributed by atoms with Crippen LogP contribution in [-0.4, -0.2) is 77.9 Å². The van der Waals surface area contributed by atoms with Crippen molar-refractivity contribution in [3.8, 4) is 0 Å². The summed E-state index contributed by atoms with van der Waals surface area (Å²) in [5.41, 5.74) is 5.14. The standard InChI is InChI=1S/C31H35F2N7O3S/c1-37-10-12-39(13-11-37)23-5-6-26(29(17-23)34-19-24-4-3-8-38(24)2)31(41)18-30-27-20-40(9-7-28(27)35-36-30)44(42,43)25-15-21(32)14-22(33)16-25/h3-6,8,14-17,34H,7,9-13,18-20H2,1-2H3,(H,35,36). The van der Waals surface area contributed by atoms with E-state index in [4.69, 9.17) is 0 Å². The number of Topliss-reactive ketones (excluding diaryl/α,β-unsaturated/α-hetero) is 1. The average molecular weight is 624 g/mol. The Labute approximate surface area is 255 Å². The number of piperazine rings is 1. The van der Waals surface area contributed by atoms with Gasteiger partial charge in [0.15, 0.2) is 5.78 Å². The number of fused-ring (bicyclic) bond motifs is 1. The summed E-state index contributed by atoms with van der Waals surface area (Å²) in [5, 5.41) is 10.8. The molecule has 0 radical (unpaired) electrons. The summed E-state index contributed by atoms with van der Waals surface area (Å²) >= 11 is 0. The number of anilines is 2. The van der Waals surface area contributed by atoms with Gasteiger partial charge in [0.25, 0.3) is 0 Å². The monoisotopic (exact) mass is 623 g/mol. The highest BCUT2D eigenvalue weighted by Crippen LogP contribution is 2.30. The Bertz CT molecular complexity index is 1770. The molecule has 2 N–H and O–H groups in total. The molecule has 10 nitrogen and oxygen atoms in total. The Kier molecular flexibility index (Phi) is 8.27. The van der Waals surface area contributed by atoms with Gasteiger partial charge in [0.2, 0.25) is 10.0 Å². The smallest absolute Gasteiger partial charge is 0.243 e. The van der Waals surface area contributed by atoms with Gasteiger partial charge in [0.05, 0.1) is 23.6 Å². The summed E-state index contributed by atoms with van der Waals surface area (Å²) in [6, 6.07) is 12.1. The Balaban J connectivity index is 1.24. The number of ketones is 1. The fraction of sp³-hybridized carbons (Fsp3) is 0.355. The van der Waals surface area contributed by atoms with Gasteiger partial charge in [-0.05, 0) is 49.5 Å². The molecule has 0 spiro atoms. The second-order valence-corrected chi connectivity index (χ2v) is 13.3. The fourth-order valence-corrected chi connectivity index (χ4v) is 7.26. The van der Waals surface area contributed by atoms with Gasteiger partial charge in [-0.15, -0.1) is 0 Å². The molecule has 2 aliphatic rings. The highest BCUT2D eigenvalue weighted by Gasteiger charge is 2.32. The second-order valence-electron chi connectivity index (χ2n) is 11.4. The second kappa shape index (κ2) is 12.1. The van der Waals surface area contributed by atoms with Crippen LogP contribution >= 0.6 is 0 Å². The zero-order valence-corrected chi connectivity index (χ0v) is 25.5. The molecule has 6 rings (SSSR count). The molecule has 0 atom stereocenters. The number of halogens is 2. The van der Waals surface area contributed by atoms with E-state index in [9.17, 15) is 22.0 Å². The normalized spacial score (nSPS) is 16.2. The number of hydrogen-bond acceptors (Lipinski definition) is 7. The van der Waals surface area contributed by atoms with Crippen LogP contribution in [0.5, 0.6) is 0 Å². The van der Waals surface area contributed by atoms with Gasteiger partial charge < -0.3 is 19.7 Å². The quantitative estimate of drug-likeness (QED) is 0.275. The number of H-pyrrole nitrogens is 1. The van der Waals surface area contributed by atoms with Crippen LogP contribution in [0.25, 0.3) is 0 Å². The molecule has 13 heteroatoms. The first kappa shape index (κ1) is 30.0. The third-order valence-corrected chi connectivity index (χ3v) is 10.3. The highest BCUT2D eigenvalue weighted by molar-refractivity contribution is 7.89. The zero-order valence-electron chi connectivity index (χ0n) is 24.7.